The largest absolute Gasteiger partial charge is 0.493 e. The number of ether oxygens (including phenoxy) is 2. The molecule has 0 bridgehead atoms. The van der Waals surface area contributed by atoms with E-state index in [2.05, 4.69) is 25.5 Å². The van der Waals surface area contributed by atoms with Gasteiger partial charge < -0.3 is 25.0 Å². The lowest BCUT2D eigenvalue weighted by atomic mass is 9.85. The SMILES string of the molecule is CNc1cc(C)nc(Nc2ccc(OC)c(O[C@H]3CCCC[C@@H]3CN3CCC3)c2)n1. The normalized spacial score (nSPS) is 21.6. The van der Waals surface area contributed by atoms with E-state index in [1.807, 2.05) is 38.2 Å². The van der Waals surface area contributed by atoms with Gasteiger partial charge >= 0.3 is 0 Å². The van der Waals surface area contributed by atoms with Crippen molar-refractivity contribution < 1.29 is 9.47 Å². The highest BCUT2D eigenvalue weighted by Crippen LogP contribution is 2.36. The number of rotatable bonds is 8. The summed E-state index contributed by atoms with van der Waals surface area (Å²) in [7, 11) is 3.54. The van der Waals surface area contributed by atoms with Crippen molar-refractivity contribution in [3.63, 3.8) is 0 Å². The van der Waals surface area contributed by atoms with Gasteiger partial charge in [0.05, 0.1) is 7.11 Å². The first kappa shape index (κ1) is 20.7. The van der Waals surface area contributed by atoms with Gasteiger partial charge in [0.25, 0.3) is 0 Å². The van der Waals surface area contributed by atoms with Crippen molar-refractivity contribution >= 4 is 17.5 Å². The van der Waals surface area contributed by atoms with Crippen LogP contribution in [-0.4, -0.2) is 54.8 Å². The molecule has 1 aliphatic carbocycles. The van der Waals surface area contributed by atoms with Crippen molar-refractivity contribution in [1.82, 2.24) is 14.9 Å². The fourth-order valence-electron chi connectivity index (χ4n) is 4.32. The van der Waals surface area contributed by atoms with Crippen molar-refractivity contribution in [1.29, 1.82) is 0 Å². The predicted molar refractivity (Wildman–Crippen MR) is 120 cm³/mol. The standard InChI is InChI=1S/C23H33N5O2/c1-16-13-22(24-2)27-23(25-16)26-18-9-10-20(29-3)21(14-18)30-19-8-5-4-7-17(19)15-28-11-6-12-28/h9-10,13-14,17,19H,4-8,11-12,15H2,1-3H3,(H2,24,25,26,27)/t17-,19+/m1/s1. The van der Waals surface area contributed by atoms with Crippen LogP contribution in [-0.2, 0) is 0 Å². The molecule has 0 amide bonds. The lowest BCUT2D eigenvalue weighted by molar-refractivity contribution is 0.0464. The van der Waals surface area contributed by atoms with Gasteiger partial charge in [-0.2, -0.15) is 4.98 Å². The molecule has 2 aromatic rings. The molecule has 0 radical (unpaired) electrons. The summed E-state index contributed by atoms with van der Waals surface area (Å²) in [5, 5.41) is 6.37. The molecule has 30 heavy (non-hydrogen) atoms. The highest BCUT2D eigenvalue weighted by molar-refractivity contribution is 5.60. The molecule has 7 heteroatoms. The van der Waals surface area contributed by atoms with Crippen LogP contribution < -0.4 is 20.1 Å². The van der Waals surface area contributed by atoms with Crippen molar-refractivity contribution in [2.75, 3.05) is 44.4 Å². The van der Waals surface area contributed by atoms with E-state index >= 15 is 0 Å². The third kappa shape index (κ3) is 4.95. The van der Waals surface area contributed by atoms with E-state index in [1.54, 1.807) is 7.11 Å². The van der Waals surface area contributed by atoms with Gasteiger partial charge in [-0.05, 0) is 57.8 Å². The zero-order valence-corrected chi connectivity index (χ0v) is 18.3. The fraction of sp³-hybridized carbons (Fsp3) is 0.565. The van der Waals surface area contributed by atoms with Crippen LogP contribution in [0.2, 0.25) is 0 Å². The van der Waals surface area contributed by atoms with Crippen molar-refractivity contribution in [3.8, 4) is 11.5 Å². The van der Waals surface area contributed by atoms with Crippen LogP contribution in [0, 0.1) is 12.8 Å². The van der Waals surface area contributed by atoms with E-state index < -0.39 is 0 Å². The number of benzene rings is 1. The molecule has 4 rings (SSSR count). The van der Waals surface area contributed by atoms with Gasteiger partial charge in [-0.3, -0.25) is 0 Å². The number of nitrogens with zero attached hydrogens (tertiary/aromatic N) is 3. The highest BCUT2D eigenvalue weighted by atomic mass is 16.5. The summed E-state index contributed by atoms with van der Waals surface area (Å²) in [4.78, 5) is 11.5. The second-order valence-corrected chi connectivity index (χ2v) is 8.31. The Bertz CT molecular complexity index is 855. The van der Waals surface area contributed by atoms with Crippen LogP contribution in [0.1, 0.15) is 37.8 Å². The maximum atomic E-state index is 6.56. The van der Waals surface area contributed by atoms with Gasteiger partial charge in [-0.25, -0.2) is 4.98 Å². The molecular weight excluding hydrogens is 378 g/mol. The molecule has 1 aromatic heterocycles. The Hall–Kier alpha value is -2.54. The van der Waals surface area contributed by atoms with Gasteiger partial charge in [0.15, 0.2) is 11.5 Å². The summed E-state index contributed by atoms with van der Waals surface area (Å²) in [5.74, 6) is 3.47. The van der Waals surface area contributed by atoms with Gasteiger partial charge in [0, 0.05) is 43.0 Å². The first-order valence-electron chi connectivity index (χ1n) is 11.0. The minimum atomic E-state index is 0.231. The first-order chi connectivity index (χ1) is 14.6. The summed E-state index contributed by atoms with van der Waals surface area (Å²) in [5.41, 5.74) is 1.78. The van der Waals surface area contributed by atoms with E-state index in [1.165, 1.54) is 38.8 Å². The Morgan fingerprint density at radius 1 is 1.07 bits per heavy atom. The molecule has 1 aromatic carbocycles. The van der Waals surface area contributed by atoms with E-state index in [-0.39, 0.29) is 6.10 Å². The zero-order chi connectivity index (χ0) is 20.9. The summed E-state index contributed by atoms with van der Waals surface area (Å²) >= 11 is 0. The lowest BCUT2D eigenvalue weighted by Gasteiger charge is -2.39. The Morgan fingerprint density at radius 2 is 1.90 bits per heavy atom. The third-order valence-electron chi connectivity index (χ3n) is 6.09. The third-order valence-corrected chi connectivity index (χ3v) is 6.09. The molecule has 162 valence electrons. The van der Waals surface area contributed by atoms with Crippen molar-refractivity contribution in [2.24, 2.45) is 5.92 Å². The smallest absolute Gasteiger partial charge is 0.229 e. The monoisotopic (exact) mass is 411 g/mol. The van der Waals surface area contributed by atoms with Crippen LogP contribution in [0.15, 0.2) is 24.3 Å². The number of nitrogens with one attached hydrogen (secondary N) is 2. The Kier molecular flexibility index (Phi) is 6.57. The van der Waals surface area contributed by atoms with Crippen molar-refractivity contribution in [2.45, 2.75) is 45.1 Å². The Labute approximate surface area is 179 Å². The minimum Gasteiger partial charge on any atom is -0.493 e. The highest BCUT2D eigenvalue weighted by Gasteiger charge is 2.30. The molecule has 2 N–H and O–H groups in total. The number of aryl methyl sites for hydroxylation is 1. The molecule has 1 aliphatic heterocycles. The summed E-state index contributed by atoms with van der Waals surface area (Å²) in [6.07, 6.45) is 6.43. The van der Waals surface area contributed by atoms with Crippen LogP contribution in [0.3, 0.4) is 0 Å². The van der Waals surface area contributed by atoms with Gasteiger partial charge in [-0.15, -0.1) is 0 Å². The molecule has 1 saturated carbocycles. The maximum Gasteiger partial charge on any atom is 0.229 e. The van der Waals surface area contributed by atoms with E-state index in [9.17, 15) is 0 Å². The van der Waals surface area contributed by atoms with E-state index in [4.69, 9.17) is 9.47 Å². The Morgan fingerprint density at radius 3 is 2.63 bits per heavy atom. The lowest BCUT2D eigenvalue weighted by Crippen LogP contribution is -2.45. The number of hydrogen-bond acceptors (Lipinski definition) is 7. The summed E-state index contributed by atoms with van der Waals surface area (Å²) in [6, 6.07) is 7.82. The van der Waals surface area contributed by atoms with Crippen LogP contribution in [0.5, 0.6) is 11.5 Å². The topological polar surface area (TPSA) is 71.5 Å². The molecule has 1 saturated heterocycles. The zero-order valence-electron chi connectivity index (χ0n) is 18.3. The summed E-state index contributed by atoms with van der Waals surface area (Å²) in [6.45, 7) is 5.57. The molecule has 2 atom stereocenters. The number of anilines is 3. The second-order valence-electron chi connectivity index (χ2n) is 8.31. The summed E-state index contributed by atoms with van der Waals surface area (Å²) < 4.78 is 12.2. The molecule has 0 spiro atoms. The van der Waals surface area contributed by atoms with E-state index in [0.29, 0.717) is 11.9 Å². The quantitative estimate of drug-likeness (QED) is 0.674. The fourth-order valence-corrected chi connectivity index (χ4v) is 4.32. The molecular formula is C23H33N5O2. The maximum absolute atomic E-state index is 6.56. The first-order valence-corrected chi connectivity index (χ1v) is 11.0. The second kappa shape index (κ2) is 9.51. The number of hydrogen-bond donors (Lipinski definition) is 2. The van der Waals surface area contributed by atoms with Gasteiger partial charge in [-0.1, -0.05) is 6.42 Å². The van der Waals surface area contributed by atoms with Gasteiger partial charge in [0.1, 0.15) is 11.9 Å². The number of aromatic nitrogens is 2. The van der Waals surface area contributed by atoms with Crippen LogP contribution in [0.4, 0.5) is 17.5 Å². The molecule has 2 heterocycles. The average molecular weight is 412 g/mol. The van der Waals surface area contributed by atoms with Gasteiger partial charge in [0.2, 0.25) is 5.95 Å². The average Bonchev–Trinajstić information content (AvgIpc) is 2.71. The number of likely N-dealkylation sites (tertiary alicyclic amines) is 1. The van der Waals surface area contributed by atoms with Crippen LogP contribution >= 0.6 is 0 Å². The Balaban J connectivity index is 1.51. The molecule has 7 nitrogen and oxygen atoms in total. The molecule has 2 fully saturated rings. The van der Waals surface area contributed by atoms with Crippen LogP contribution in [0.25, 0.3) is 0 Å². The molecule has 2 aliphatic rings. The van der Waals surface area contributed by atoms with Crippen molar-refractivity contribution in [3.05, 3.63) is 30.0 Å². The molecule has 0 unspecified atom stereocenters. The van der Waals surface area contributed by atoms with E-state index in [0.717, 1.165) is 41.7 Å². The minimum absolute atomic E-state index is 0.231. The number of methoxy groups -OCH3 is 1. The predicted octanol–water partition coefficient (Wildman–Crippen LogP) is 4.22.